The minimum absolute atomic E-state index is 0.253. The van der Waals surface area contributed by atoms with Gasteiger partial charge in [-0.3, -0.25) is 10.1 Å². The van der Waals surface area contributed by atoms with Crippen molar-refractivity contribution in [3.63, 3.8) is 0 Å². The zero-order valence-corrected chi connectivity index (χ0v) is 21.0. The molecule has 0 aliphatic heterocycles. The van der Waals surface area contributed by atoms with Crippen LogP contribution in [0.25, 0.3) is 10.8 Å². The number of hydrogen-bond acceptors (Lipinski definition) is 4. The van der Waals surface area contributed by atoms with Crippen molar-refractivity contribution in [2.24, 2.45) is 0 Å². The molecule has 38 heavy (non-hydrogen) atoms. The molecule has 3 aromatic carbocycles. The molecule has 7 nitrogen and oxygen atoms in total. The first-order chi connectivity index (χ1) is 18.4. The number of benzene rings is 3. The zero-order valence-electron chi connectivity index (χ0n) is 21.0. The fourth-order valence-corrected chi connectivity index (χ4v) is 4.76. The van der Waals surface area contributed by atoms with E-state index in [1.54, 1.807) is 6.20 Å². The fraction of sp³-hybridized carbons (Fsp3) is 0.258. The summed E-state index contributed by atoms with van der Waals surface area (Å²) in [6, 6.07) is 21.6. The Labute approximate surface area is 220 Å². The smallest absolute Gasteiger partial charge is 0.413 e. The summed E-state index contributed by atoms with van der Waals surface area (Å²) < 4.78 is 7.42. The second kappa shape index (κ2) is 9.38. The number of rotatable bonds is 6. The quantitative estimate of drug-likeness (QED) is 0.305. The molecule has 1 heterocycles. The Morgan fingerprint density at radius 2 is 1.79 bits per heavy atom. The Morgan fingerprint density at radius 3 is 2.50 bits per heavy atom. The van der Waals surface area contributed by atoms with Crippen LogP contribution in [0.1, 0.15) is 67.0 Å². The fourth-order valence-electron chi connectivity index (χ4n) is 4.76. The number of nitrogens with one attached hydrogen (secondary N) is 1. The molecular formula is C31H27N3O4. The van der Waals surface area contributed by atoms with Gasteiger partial charge in [-0.1, -0.05) is 66.4 Å². The summed E-state index contributed by atoms with van der Waals surface area (Å²) in [5.41, 5.74) is 2.48. The van der Waals surface area contributed by atoms with Gasteiger partial charge >= 0.3 is 12.1 Å². The third kappa shape index (κ3) is 4.61. The first-order valence-electron chi connectivity index (χ1n) is 12.8. The Morgan fingerprint density at radius 1 is 1.05 bits per heavy atom. The van der Waals surface area contributed by atoms with Crippen molar-refractivity contribution in [1.29, 1.82) is 0 Å². The lowest BCUT2D eigenvalue weighted by Gasteiger charge is -2.15. The second-order valence-electron chi connectivity index (χ2n) is 10.1. The van der Waals surface area contributed by atoms with Crippen molar-refractivity contribution < 1.29 is 19.4 Å². The summed E-state index contributed by atoms with van der Waals surface area (Å²) in [7, 11) is 0. The lowest BCUT2D eigenvalue weighted by Crippen LogP contribution is -2.19. The van der Waals surface area contributed by atoms with Gasteiger partial charge in [0.15, 0.2) is 0 Å². The third-order valence-corrected chi connectivity index (χ3v) is 7.36. The molecule has 2 fully saturated rings. The third-order valence-electron chi connectivity index (χ3n) is 7.36. The lowest BCUT2D eigenvalue weighted by atomic mass is 9.93. The van der Waals surface area contributed by atoms with Gasteiger partial charge in [0, 0.05) is 5.56 Å². The molecule has 1 aromatic heterocycles. The van der Waals surface area contributed by atoms with Gasteiger partial charge in [-0.15, -0.1) is 0 Å². The number of hydrogen-bond donors (Lipinski definition) is 2. The maximum Gasteiger partial charge on any atom is 0.413 e. The van der Waals surface area contributed by atoms with E-state index in [2.05, 4.69) is 22.3 Å². The molecule has 0 spiro atoms. The van der Waals surface area contributed by atoms with Crippen LogP contribution in [-0.4, -0.2) is 26.9 Å². The SMILES string of the molecule is C[C@@H](OC(=O)Nc1c(C#Cc2ccc3cc(C4(C(=O)O)CC4)ccc3c2)cnn1C1CC1)c1ccccc1. The predicted octanol–water partition coefficient (Wildman–Crippen LogP) is 6.20. The molecule has 2 aliphatic carbocycles. The molecule has 0 saturated heterocycles. The largest absolute Gasteiger partial charge is 0.481 e. The van der Waals surface area contributed by atoms with Gasteiger partial charge in [-0.25, -0.2) is 9.48 Å². The van der Waals surface area contributed by atoms with Crippen LogP contribution in [0.2, 0.25) is 0 Å². The summed E-state index contributed by atoms with van der Waals surface area (Å²) in [5, 5.41) is 18.9. The van der Waals surface area contributed by atoms with E-state index in [0.29, 0.717) is 24.2 Å². The van der Waals surface area contributed by atoms with E-state index >= 15 is 0 Å². The van der Waals surface area contributed by atoms with Crippen LogP contribution >= 0.6 is 0 Å². The minimum atomic E-state index is -0.756. The number of aromatic nitrogens is 2. The minimum Gasteiger partial charge on any atom is -0.481 e. The van der Waals surface area contributed by atoms with Crippen molar-refractivity contribution >= 4 is 28.7 Å². The molecule has 0 radical (unpaired) electrons. The van der Waals surface area contributed by atoms with Crippen molar-refractivity contribution in [3.8, 4) is 11.8 Å². The molecular weight excluding hydrogens is 478 g/mol. The van der Waals surface area contributed by atoms with Gasteiger partial charge < -0.3 is 9.84 Å². The summed E-state index contributed by atoms with van der Waals surface area (Å²) in [4.78, 5) is 24.4. The molecule has 0 unspecified atom stereocenters. The Kier molecular flexibility index (Phi) is 5.88. The van der Waals surface area contributed by atoms with E-state index in [1.165, 1.54) is 0 Å². The molecule has 6 rings (SSSR count). The second-order valence-corrected chi connectivity index (χ2v) is 10.1. The average Bonchev–Trinajstić information content (AvgIpc) is 3.86. The topological polar surface area (TPSA) is 93.4 Å². The van der Waals surface area contributed by atoms with Crippen LogP contribution in [0.15, 0.2) is 72.9 Å². The molecule has 2 saturated carbocycles. The van der Waals surface area contributed by atoms with Gasteiger partial charge in [-0.2, -0.15) is 5.10 Å². The molecule has 0 bridgehead atoms. The van der Waals surface area contributed by atoms with E-state index in [-0.39, 0.29) is 6.04 Å². The highest BCUT2D eigenvalue weighted by Gasteiger charge is 2.51. The number of carboxylic acid groups (broad SMARTS) is 1. The summed E-state index contributed by atoms with van der Waals surface area (Å²) in [6.07, 6.45) is 4.11. The monoisotopic (exact) mass is 505 g/mol. The van der Waals surface area contributed by atoms with Crippen LogP contribution in [0.4, 0.5) is 10.6 Å². The Hall–Kier alpha value is -4.57. The maximum atomic E-state index is 12.7. The molecule has 4 aromatic rings. The molecule has 1 atom stereocenters. The summed E-state index contributed by atoms with van der Waals surface area (Å²) in [5.74, 6) is 6.14. The van der Waals surface area contributed by atoms with Gasteiger partial charge in [0.1, 0.15) is 11.9 Å². The highest BCUT2D eigenvalue weighted by molar-refractivity contribution is 5.90. The number of nitrogens with zero attached hydrogens (tertiary/aromatic N) is 2. The average molecular weight is 506 g/mol. The van der Waals surface area contributed by atoms with E-state index < -0.39 is 23.6 Å². The van der Waals surface area contributed by atoms with Crippen molar-refractivity contribution in [1.82, 2.24) is 9.78 Å². The highest BCUT2D eigenvalue weighted by Crippen LogP contribution is 2.49. The van der Waals surface area contributed by atoms with Gasteiger partial charge in [-0.05, 0) is 66.6 Å². The molecule has 7 heteroatoms. The van der Waals surface area contributed by atoms with Crippen molar-refractivity contribution in [2.75, 3.05) is 5.32 Å². The van der Waals surface area contributed by atoms with Gasteiger partial charge in [0.25, 0.3) is 0 Å². The Balaban J connectivity index is 1.22. The normalized spacial score (nSPS) is 16.2. The predicted molar refractivity (Wildman–Crippen MR) is 144 cm³/mol. The van der Waals surface area contributed by atoms with Gasteiger partial charge in [0.05, 0.1) is 23.2 Å². The Bertz CT molecular complexity index is 1600. The molecule has 2 aliphatic rings. The molecule has 2 N–H and O–H groups in total. The van der Waals surface area contributed by atoms with Crippen LogP contribution < -0.4 is 5.32 Å². The van der Waals surface area contributed by atoms with Crippen LogP contribution in [0.5, 0.6) is 0 Å². The maximum absolute atomic E-state index is 12.7. The van der Waals surface area contributed by atoms with Gasteiger partial charge in [0.2, 0.25) is 0 Å². The van der Waals surface area contributed by atoms with Crippen molar-refractivity contribution in [2.45, 2.75) is 50.2 Å². The first-order valence-corrected chi connectivity index (χ1v) is 12.8. The van der Waals surface area contributed by atoms with Crippen LogP contribution in [0, 0.1) is 11.8 Å². The molecule has 1 amide bonds. The first kappa shape index (κ1) is 23.8. The van der Waals surface area contributed by atoms with Crippen LogP contribution in [-0.2, 0) is 14.9 Å². The number of aliphatic carboxylic acids is 1. The number of ether oxygens (including phenoxy) is 1. The highest BCUT2D eigenvalue weighted by atomic mass is 16.6. The molecule has 190 valence electrons. The number of carbonyl (C=O) groups excluding carboxylic acids is 1. The zero-order chi connectivity index (χ0) is 26.3. The van der Waals surface area contributed by atoms with Crippen molar-refractivity contribution in [3.05, 3.63) is 95.2 Å². The van der Waals surface area contributed by atoms with Crippen LogP contribution in [0.3, 0.4) is 0 Å². The number of carboxylic acids is 1. The number of anilines is 1. The van der Waals surface area contributed by atoms with E-state index in [9.17, 15) is 14.7 Å². The number of carbonyl (C=O) groups is 2. The summed E-state index contributed by atoms with van der Waals surface area (Å²) in [6.45, 7) is 1.84. The number of fused-ring (bicyclic) bond motifs is 1. The van der Waals surface area contributed by atoms with E-state index in [1.807, 2.05) is 78.3 Å². The van der Waals surface area contributed by atoms with E-state index in [0.717, 1.165) is 40.3 Å². The van der Waals surface area contributed by atoms with E-state index in [4.69, 9.17) is 4.74 Å². The summed E-state index contributed by atoms with van der Waals surface area (Å²) >= 11 is 0. The standard InChI is InChI=1S/C31H27N3O4/c1-20(22-5-3-2-4-6-22)38-30(37)33-28-25(19-32-34(28)27-13-14-27)10-8-21-7-9-24-18-26(12-11-23(24)17-21)31(15-16-31)29(35)36/h2-7,9,11-12,17-20,27H,13-16H2,1H3,(H,33,37)(H,35,36)/t20-/m1/s1. The lowest BCUT2D eigenvalue weighted by molar-refractivity contribution is -0.140. The number of amides is 1.